The van der Waals surface area contributed by atoms with E-state index in [0.29, 0.717) is 25.0 Å². The molecule has 0 bridgehead atoms. The van der Waals surface area contributed by atoms with Gasteiger partial charge in [-0.15, -0.1) is 0 Å². The molecule has 1 heterocycles. The maximum Gasteiger partial charge on any atom is 0.228 e. The van der Waals surface area contributed by atoms with Crippen LogP contribution in [0.2, 0.25) is 0 Å². The third kappa shape index (κ3) is 3.68. The number of hydrogen-bond acceptors (Lipinski definition) is 5. The zero-order valence-corrected chi connectivity index (χ0v) is 11.9. The summed E-state index contributed by atoms with van der Waals surface area (Å²) in [5.74, 6) is 1.25. The lowest BCUT2D eigenvalue weighted by Gasteiger charge is -2.17. The molecule has 0 fully saturated rings. The van der Waals surface area contributed by atoms with Crippen molar-refractivity contribution in [1.82, 2.24) is 9.97 Å². The summed E-state index contributed by atoms with van der Waals surface area (Å²) >= 11 is 0. The quantitative estimate of drug-likeness (QED) is 0.871. The fraction of sp³-hybridized carbons (Fsp3) is 0.333. The monoisotopic (exact) mass is 272 g/mol. The van der Waals surface area contributed by atoms with Gasteiger partial charge in [0, 0.05) is 32.4 Å². The summed E-state index contributed by atoms with van der Waals surface area (Å²) < 4.78 is 5.39. The Balaban J connectivity index is 2.06. The van der Waals surface area contributed by atoms with Gasteiger partial charge in [-0.2, -0.15) is 4.98 Å². The lowest BCUT2D eigenvalue weighted by atomic mass is 10.1. The SMILES string of the molecule is CCOc1ccnc(N(C)Cc2ccc(CN)cc2)n1. The second kappa shape index (κ2) is 6.86. The Hall–Kier alpha value is -2.14. The molecule has 5 nitrogen and oxygen atoms in total. The van der Waals surface area contributed by atoms with Gasteiger partial charge in [0.1, 0.15) is 0 Å². The molecular formula is C15H20N4O. The normalized spacial score (nSPS) is 10.3. The van der Waals surface area contributed by atoms with Gasteiger partial charge in [0.25, 0.3) is 0 Å². The second-order valence-electron chi connectivity index (χ2n) is 4.50. The van der Waals surface area contributed by atoms with E-state index in [1.54, 1.807) is 12.3 Å². The molecular weight excluding hydrogens is 252 g/mol. The van der Waals surface area contributed by atoms with Crippen molar-refractivity contribution >= 4 is 5.95 Å². The van der Waals surface area contributed by atoms with Crippen molar-refractivity contribution in [1.29, 1.82) is 0 Å². The Bertz CT molecular complexity index is 542. The average Bonchev–Trinajstić information content (AvgIpc) is 2.48. The van der Waals surface area contributed by atoms with Crippen LogP contribution in [0, 0.1) is 0 Å². The standard InChI is InChI=1S/C15H20N4O/c1-3-20-14-8-9-17-15(18-14)19(2)11-13-6-4-12(10-16)5-7-13/h4-9H,3,10-11,16H2,1-2H3. The molecule has 1 aromatic carbocycles. The highest BCUT2D eigenvalue weighted by atomic mass is 16.5. The molecule has 0 radical (unpaired) electrons. The lowest BCUT2D eigenvalue weighted by Crippen LogP contribution is -2.19. The number of hydrogen-bond donors (Lipinski definition) is 1. The first-order chi connectivity index (χ1) is 9.72. The van der Waals surface area contributed by atoms with E-state index in [4.69, 9.17) is 10.5 Å². The predicted molar refractivity (Wildman–Crippen MR) is 79.6 cm³/mol. The molecule has 0 amide bonds. The zero-order chi connectivity index (χ0) is 14.4. The second-order valence-corrected chi connectivity index (χ2v) is 4.50. The molecule has 5 heteroatoms. The molecule has 0 unspecified atom stereocenters. The van der Waals surface area contributed by atoms with Crippen LogP contribution in [-0.2, 0) is 13.1 Å². The first-order valence-corrected chi connectivity index (χ1v) is 6.67. The minimum Gasteiger partial charge on any atom is -0.478 e. The molecule has 0 aliphatic carbocycles. The number of aromatic nitrogens is 2. The van der Waals surface area contributed by atoms with E-state index in [-0.39, 0.29) is 0 Å². The molecule has 0 atom stereocenters. The predicted octanol–water partition coefficient (Wildman–Crippen LogP) is 1.97. The van der Waals surface area contributed by atoms with E-state index in [1.807, 2.05) is 31.0 Å². The van der Waals surface area contributed by atoms with Crippen LogP contribution in [0.15, 0.2) is 36.5 Å². The van der Waals surface area contributed by atoms with Crippen LogP contribution in [0.4, 0.5) is 5.95 Å². The first-order valence-electron chi connectivity index (χ1n) is 6.67. The van der Waals surface area contributed by atoms with Crippen molar-refractivity contribution in [3.63, 3.8) is 0 Å². The molecule has 0 aliphatic heterocycles. The molecule has 2 rings (SSSR count). The Morgan fingerprint density at radius 2 is 1.85 bits per heavy atom. The first kappa shape index (κ1) is 14.3. The van der Waals surface area contributed by atoms with Crippen LogP contribution >= 0.6 is 0 Å². The van der Waals surface area contributed by atoms with Gasteiger partial charge in [-0.25, -0.2) is 4.98 Å². The summed E-state index contributed by atoms with van der Waals surface area (Å²) in [5.41, 5.74) is 7.91. The summed E-state index contributed by atoms with van der Waals surface area (Å²) in [6.07, 6.45) is 1.71. The van der Waals surface area contributed by atoms with Crippen LogP contribution in [0.5, 0.6) is 5.88 Å². The summed E-state index contributed by atoms with van der Waals surface area (Å²) in [6, 6.07) is 9.99. The average molecular weight is 272 g/mol. The van der Waals surface area contributed by atoms with Gasteiger partial charge in [0.15, 0.2) is 0 Å². The van der Waals surface area contributed by atoms with Gasteiger partial charge in [-0.1, -0.05) is 24.3 Å². The van der Waals surface area contributed by atoms with Crippen molar-refractivity contribution in [2.24, 2.45) is 5.73 Å². The van der Waals surface area contributed by atoms with E-state index in [1.165, 1.54) is 5.56 Å². The number of anilines is 1. The highest BCUT2D eigenvalue weighted by molar-refractivity contribution is 5.33. The highest BCUT2D eigenvalue weighted by Crippen LogP contribution is 2.14. The molecule has 0 aliphatic rings. The van der Waals surface area contributed by atoms with Gasteiger partial charge in [-0.3, -0.25) is 0 Å². The van der Waals surface area contributed by atoms with Gasteiger partial charge in [0.05, 0.1) is 6.61 Å². The molecule has 0 saturated carbocycles. The molecule has 0 spiro atoms. The molecule has 106 valence electrons. The lowest BCUT2D eigenvalue weighted by molar-refractivity contribution is 0.326. The van der Waals surface area contributed by atoms with Gasteiger partial charge in [0.2, 0.25) is 11.8 Å². The fourth-order valence-electron chi connectivity index (χ4n) is 1.87. The molecule has 0 saturated heterocycles. The van der Waals surface area contributed by atoms with Gasteiger partial charge < -0.3 is 15.4 Å². The molecule has 20 heavy (non-hydrogen) atoms. The zero-order valence-electron chi connectivity index (χ0n) is 11.9. The van der Waals surface area contributed by atoms with Crippen molar-refractivity contribution in [3.8, 4) is 5.88 Å². The maximum atomic E-state index is 5.59. The fourth-order valence-corrected chi connectivity index (χ4v) is 1.87. The highest BCUT2D eigenvalue weighted by Gasteiger charge is 2.06. The molecule has 2 N–H and O–H groups in total. The Labute approximate surface area is 119 Å². The van der Waals surface area contributed by atoms with E-state index in [0.717, 1.165) is 12.1 Å². The third-order valence-electron chi connectivity index (χ3n) is 2.93. The minimum absolute atomic E-state index is 0.565. The number of benzene rings is 1. The number of rotatable bonds is 6. The van der Waals surface area contributed by atoms with Crippen LogP contribution in [0.3, 0.4) is 0 Å². The van der Waals surface area contributed by atoms with Crippen LogP contribution < -0.4 is 15.4 Å². The van der Waals surface area contributed by atoms with Gasteiger partial charge in [-0.05, 0) is 18.1 Å². The molecule has 2 aromatic rings. The maximum absolute atomic E-state index is 5.59. The largest absolute Gasteiger partial charge is 0.478 e. The van der Waals surface area contributed by atoms with Crippen molar-refractivity contribution < 1.29 is 4.74 Å². The van der Waals surface area contributed by atoms with E-state index < -0.39 is 0 Å². The number of nitrogens with two attached hydrogens (primary N) is 1. The Morgan fingerprint density at radius 1 is 1.15 bits per heavy atom. The smallest absolute Gasteiger partial charge is 0.228 e. The van der Waals surface area contributed by atoms with Crippen molar-refractivity contribution in [2.75, 3.05) is 18.6 Å². The van der Waals surface area contributed by atoms with Crippen molar-refractivity contribution in [3.05, 3.63) is 47.7 Å². The minimum atomic E-state index is 0.565. The summed E-state index contributed by atoms with van der Waals surface area (Å²) in [5, 5.41) is 0. The van der Waals surface area contributed by atoms with Gasteiger partial charge >= 0.3 is 0 Å². The Kier molecular flexibility index (Phi) is 4.90. The van der Waals surface area contributed by atoms with E-state index in [9.17, 15) is 0 Å². The number of nitrogens with zero attached hydrogens (tertiary/aromatic N) is 3. The van der Waals surface area contributed by atoms with Crippen molar-refractivity contribution in [2.45, 2.75) is 20.0 Å². The summed E-state index contributed by atoms with van der Waals surface area (Å²) in [7, 11) is 1.96. The number of ether oxygens (including phenoxy) is 1. The van der Waals surface area contributed by atoms with E-state index in [2.05, 4.69) is 22.1 Å². The summed E-state index contributed by atoms with van der Waals surface area (Å²) in [4.78, 5) is 10.6. The molecule has 1 aromatic heterocycles. The third-order valence-corrected chi connectivity index (χ3v) is 2.93. The summed E-state index contributed by atoms with van der Waals surface area (Å²) in [6.45, 7) is 3.83. The topological polar surface area (TPSA) is 64.3 Å². The van der Waals surface area contributed by atoms with Crippen LogP contribution in [0.25, 0.3) is 0 Å². The Morgan fingerprint density at radius 3 is 2.50 bits per heavy atom. The van der Waals surface area contributed by atoms with Crippen LogP contribution in [0.1, 0.15) is 18.1 Å². The van der Waals surface area contributed by atoms with Crippen LogP contribution in [-0.4, -0.2) is 23.6 Å². The van der Waals surface area contributed by atoms with E-state index >= 15 is 0 Å².